The van der Waals surface area contributed by atoms with Crippen molar-refractivity contribution >= 4 is 40.5 Å². The molecule has 3 rings (SSSR count). The van der Waals surface area contributed by atoms with E-state index in [2.05, 4.69) is 25.4 Å². The van der Waals surface area contributed by atoms with Crippen molar-refractivity contribution in [3.63, 3.8) is 0 Å². The maximum absolute atomic E-state index is 5.94. The van der Waals surface area contributed by atoms with Crippen LogP contribution in [-0.4, -0.2) is 4.98 Å². The summed E-state index contributed by atoms with van der Waals surface area (Å²) in [5, 5.41) is 7.64. The number of benzene rings is 2. The summed E-state index contributed by atoms with van der Waals surface area (Å²) in [5.41, 5.74) is 17.9. The lowest BCUT2D eigenvalue weighted by Gasteiger charge is -2.09. The normalized spacial score (nSPS) is 10.3. The van der Waals surface area contributed by atoms with Crippen molar-refractivity contribution in [2.45, 2.75) is 27.2 Å². The maximum Gasteiger partial charge on any atom is 0.0464 e. The fraction of sp³-hybridized carbons (Fsp3) is 0.160. The molecule has 0 fully saturated rings. The van der Waals surface area contributed by atoms with Gasteiger partial charge in [0.25, 0.3) is 0 Å². The fourth-order valence-corrected chi connectivity index (χ4v) is 2.84. The first-order valence-corrected chi connectivity index (χ1v) is 11.2. The molecule has 4 nitrogen and oxygen atoms in total. The molecule has 1 heterocycles. The smallest absolute Gasteiger partial charge is 0.0464 e. The largest absolute Gasteiger partial charge is 0.398 e. The second-order valence-electron chi connectivity index (χ2n) is 6.73. The van der Waals surface area contributed by atoms with Crippen LogP contribution in [0.15, 0.2) is 79.0 Å². The summed E-state index contributed by atoms with van der Waals surface area (Å²) in [6.07, 6.45) is 4.70. The third kappa shape index (κ3) is 9.30. The average molecular weight is 455 g/mol. The standard InChI is InChI=1S/C13H11ClN2.C9H12N2S.C3H8/c1-9(10-4-6-16-7-5-10)12-8-11(14)2-3-13(12)15;1-7-2-4-8(5-3-7)9(10)6-12-11;1-3-2/h2-8H,1,15H2;2-6H,10-11H2,1H3;3H2,1-2H3/b;9-6-;. The molecule has 0 aliphatic carbocycles. The number of halogens is 1. The lowest BCUT2D eigenvalue weighted by molar-refractivity contribution is 1.09. The molecule has 0 aliphatic heterocycles. The molecule has 2 aromatic carbocycles. The van der Waals surface area contributed by atoms with Gasteiger partial charge in [-0.3, -0.25) is 10.1 Å². The van der Waals surface area contributed by atoms with Gasteiger partial charge in [-0.15, -0.1) is 0 Å². The van der Waals surface area contributed by atoms with E-state index >= 15 is 0 Å². The fourth-order valence-electron chi connectivity index (χ4n) is 2.39. The molecule has 0 aliphatic rings. The number of nitrogen functional groups attached to an aromatic ring is 1. The molecule has 6 N–H and O–H groups in total. The van der Waals surface area contributed by atoms with Crippen molar-refractivity contribution in [2.24, 2.45) is 10.9 Å². The second kappa shape index (κ2) is 14.3. The van der Waals surface area contributed by atoms with Gasteiger partial charge in [-0.25, -0.2) is 0 Å². The van der Waals surface area contributed by atoms with E-state index in [-0.39, 0.29) is 0 Å². The van der Waals surface area contributed by atoms with Crippen LogP contribution >= 0.6 is 23.5 Å². The highest BCUT2D eigenvalue weighted by Gasteiger charge is 2.06. The molecule has 3 aromatic rings. The van der Waals surface area contributed by atoms with Crippen LogP contribution in [0.25, 0.3) is 11.3 Å². The number of pyridine rings is 1. The predicted octanol–water partition coefficient (Wildman–Crippen LogP) is 6.65. The Morgan fingerprint density at radius 2 is 1.61 bits per heavy atom. The summed E-state index contributed by atoms with van der Waals surface area (Å²) in [4.78, 5) is 3.96. The zero-order chi connectivity index (χ0) is 23.2. The van der Waals surface area contributed by atoms with Crippen molar-refractivity contribution in [3.8, 4) is 0 Å². The lowest BCUT2D eigenvalue weighted by Crippen LogP contribution is -1.95. The molecule has 0 amide bonds. The van der Waals surface area contributed by atoms with Crippen LogP contribution in [0.4, 0.5) is 5.69 Å². The summed E-state index contributed by atoms with van der Waals surface area (Å²) < 4.78 is 0. The third-order valence-corrected chi connectivity index (χ3v) is 4.57. The van der Waals surface area contributed by atoms with Crippen LogP contribution in [0, 0.1) is 6.92 Å². The van der Waals surface area contributed by atoms with E-state index in [1.807, 2.05) is 49.4 Å². The number of nitrogens with two attached hydrogens (primary N) is 3. The first-order valence-electron chi connectivity index (χ1n) is 9.86. The van der Waals surface area contributed by atoms with Crippen molar-refractivity contribution in [2.75, 3.05) is 5.73 Å². The summed E-state index contributed by atoms with van der Waals surface area (Å²) in [6, 6.07) is 17.2. The Bertz CT molecular complexity index is 971. The van der Waals surface area contributed by atoms with E-state index < -0.39 is 0 Å². The van der Waals surface area contributed by atoms with Gasteiger partial charge in [-0.2, -0.15) is 0 Å². The minimum absolute atomic E-state index is 0.652. The highest BCUT2D eigenvalue weighted by Crippen LogP contribution is 2.28. The van der Waals surface area contributed by atoms with Gasteiger partial charge in [-0.05, 0) is 54.0 Å². The van der Waals surface area contributed by atoms with Gasteiger partial charge in [0.05, 0.1) is 0 Å². The van der Waals surface area contributed by atoms with Crippen molar-refractivity contribution < 1.29 is 0 Å². The Morgan fingerprint density at radius 1 is 1.03 bits per heavy atom. The van der Waals surface area contributed by atoms with Crippen LogP contribution < -0.4 is 16.6 Å². The topological polar surface area (TPSA) is 90.9 Å². The zero-order valence-corrected chi connectivity index (χ0v) is 19.9. The summed E-state index contributed by atoms with van der Waals surface area (Å²) >= 11 is 7.06. The molecule has 0 bridgehead atoms. The Balaban J connectivity index is 0.000000285. The molecular formula is C25H31ClN4S. The van der Waals surface area contributed by atoms with Gasteiger partial charge in [0.15, 0.2) is 0 Å². The van der Waals surface area contributed by atoms with E-state index in [0.717, 1.165) is 34.2 Å². The van der Waals surface area contributed by atoms with Crippen LogP contribution in [0.1, 0.15) is 42.5 Å². The summed E-state index contributed by atoms with van der Waals surface area (Å²) in [7, 11) is 0. The van der Waals surface area contributed by atoms with E-state index in [1.165, 1.54) is 12.0 Å². The van der Waals surface area contributed by atoms with E-state index in [9.17, 15) is 0 Å². The molecule has 0 saturated carbocycles. The van der Waals surface area contributed by atoms with Gasteiger partial charge in [-0.1, -0.05) is 80.2 Å². The minimum Gasteiger partial charge on any atom is -0.398 e. The van der Waals surface area contributed by atoms with Gasteiger partial charge in [0.1, 0.15) is 0 Å². The Hall–Kier alpha value is -2.73. The highest BCUT2D eigenvalue weighted by molar-refractivity contribution is 8.00. The minimum atomic E-state index is 0.652. The number of hydrogen-bond donors (Lipinski definition) is 3. The molecule has 1 aromatic heterocycles. The predicted molar refractivity (Wildman–Crippen MR) is 139 cm³/mol. The van der Waals surface area contributed by atoms with Gasteiger partial charge < -0.3 is 11.5 Å². The molecule has 0 saturated heterocycles. The van der Waals surface area contributed by atoms with Gasteiger partial charge in [0, 0.05) is 39.8 Å². The zero-order valence-electron chi connectivity index (χ0n) is 18.3. The molecular weight excluding hydrogens is 424 g/mol. The van der Waals surface area contributed by atoms with Crippen LogP contribution in [0.5, 0.6) is 0 Å². The monoisotopic (exact) mass is 454 g/mol. The number of aryl methyl sites for hydroxylation is 1. The van der Waals surface area contributed by atoms with Crippen molar-refractivity contribution in [1.82, 2.24) is 4.98 Å². The molecule has 164 valence electrons. The molecule has 0 radical (unpaired) electrons. The van der Waals surface area contributed by atoms with Gasteiger partial charge in [0.2, 0.25) is 0 Å². The summed E-state index contributed by atoms with van der Waals surface area (Å²) in [5.74, 6) is 0. The van der Waals surface area contributed by atoms with Crippen LogP contribution in [0.2, 0.25) is 5.02 Å². The average Bonchev–Trinajstić information content (AvgIpc) is 2.77. The van der Waals surface area contributed by atoms with E-state index in [4.69, 9.17) is 28.2 Å². The number of hydrogen-bond acceptors (Lipinski definition) is 5. The maximum atomic E-state index is 5.94. The third-order valence-electron chi connectivity index (χ3n) is 3.95. The molecule has 0 atom stereocenters. The first kappa shape index (κ1) is 26.3. The highest BCUT2D eigenvalue weighted by atomic mass is 35.5. The van der Waals surface area contributed by atoms with E-state index in [0.29, 0.717) is 16.4 Å². The number of rotatable bonds is 4. The van der Waals surface area contributed by atoms with Crippen molar-refractivity contribution in [1.29, 1.82) is 0 Å². The van der Waals surface area contributed by atoms with Gasteiger partial charge >= 0.3 is 0 Å². The SMILES string of the molecule is C=C(c1ccncc1)c1cc(Cl)ccc1N.CCC.Cc1ccc(/C(N)=C/SN)cc1. The molecule has 0 unspecified atom stereocenters. The molecule has 0 spiro atoms. The second-order valence-corrected chi connectivity index (χ2v) is 7.67. The number of anilines is 1. The molecule has 31 heavy (non-hydrogen) atoms. The van der Waals surface area contributed by atoms with Crippen LogP contribution in [-0.2, 0) is 0 Å². The Labute approximate surface area is 195 Å². The Kier molecular flexibility index (Phi) is 12.1. The summed E-state index contributed by atoms with van der Waals surface area (Å²) in [6.45, 7) is 10.3. The number of nitrogens with zero attached hydrogens (tertiary/aromatic N) is 1. The first-order chi connectivity index (χ1) is 14.8. The quantitative estimate of drug-likeness (QED) is 0.303. The lowest BCUT2D eigenvalue weighted by atomic mass is 9.99. The Morgan fingerprint density at radius 3 is 2.16 bits per heavy atom. The van der Waals surface area contributed by atoms with Crippen molar-refractivity contribution in [3.05, 3.63) is 106 Å². The number of aromatic nitrogens is 1. The van der Waals surface area contributed by atoms with E-state index in [1.54, 1.807) is 29.9 Å². The van der Waals surface area contributed by atoms with Crippen LogP contribution in [0.3, 0.4) is 0 Å². The molecule has 6 heteroatoms.